The minimum Gasteiger partial charge on any atom is -0.496 e. The fourth-order valence-electron chi connectivity index (χ4n) is 8.61. The molecule has 1 amide bonds. The van der Waals surface area contributed by atoms with Crippen molar-refractivity contribution in [2.24, 2.45) is 17.3 Å². The summed E-state index contributed by atoms with van der Waals surface area (Å²) in [6, 6.07) is 6.86. The van der Waals surface area contributed by atoms with Crippen molar-refractivity contribution < 1.29 is 19.4 Å². The van der Waals surface area contributed by atoms with Crippen LogP contribution in [0.4, 0.5) is 5.82 Å². The Morgan fingerprint density at radius 2 is 1.65 bits per heavy atom. The monoisotopic (exact) mass is 627 g/mol. The summed E-state index contributed by atoms with van der Waals surface area (Å²) in [7, 11) is 1.75. The van der Waals surface area contributed by atoms with Gasteiger partial charge in [-0.25, -0.2) is 9.97 Å². The van der Waals surface area contributed by atoms with Crippen LogP contribution in [-0.2, 0) is 15.0 Å². The molecule has 4 aliphatic carbocycles. The van der Waals surface area contributed by atoms with Crippen LogP contribution in [0.2, 0.25) is 0 Å². The Kier molecular flexibility index (Phi) is 8.96. The van der Waals surface area contributed by atoms with Gasteiger partial charge < -0.3 is 9.84 Å². The summed E-state index contributed by atoms with van der Waals surface area (Å²) in [5.74, 6) is 1.02. The number of hydrogen-bond acceptors (Lipinski definition) is 6. The third kappa shape index (κ3) is 6.29. The molecule has 0 atom stereocenters. The third-order valence-electron chi connectivity index (χ3n) is 11.5. The van der Waals surface area contributed by atoms with Gasteiger partial charge in [-0.2, -0.15) is 5.10 Å². The topological polar surface area (TPSA) is 110 Å². The number of carbonyl (C=O) groups excluding carboxylic acids is 1. The zero-order valence-corrected chi connectivity index (χ0v) is 28.1. The van der Waals surface area contributed by atoms with Gasteiger partial charge >= 0.3 is 5.97 Å². The number of aromatic nitrogens is 4. The summed E-state index contributed by atoms with van der Waals surface area (Å²) in [4.78, 5) is 37.0. The van der Waals surface area contributed by atoms with Crippen molar-refractivity contribution in [1.29, 1.82) is 0 Å². The van der Waals surface area contributed by atoms with E-state index in [4.69, 9.17) is 9.72 Å². The molecule has 3 aromatic rings. The molecule has 2 bridgehead atoms. The smallest absolute Gasteiger partial charge is 0.303 e. The largest absolute Gasteiger partial charge is 0.496 e. The van der Waals surface area contributed by atoms with Crippen LogP contribution in [0, 0.1) is 31.1 Å². The second kappa shape index (κ2) is 12.8. The van der Waals surface area contributed by atoms with E-state index in [0.29, 0.717) is 12.4 Å². The number of methoxy groups -OCH3 is 1. The molecule has 9 heteroatoms. The summed E-state index contributed by atoms with van der Waals surface area (Å²) in [6.07, 6.45) is 15.1. The Bertz CT molecular complexity index is 1540. The number of carboxylic acids is 1. The molecule has 4 fully saturated rings. The molecule has 2 aromatic heterocycles. The molecule has 2 heterocycles. The van der Waals surface area contributed by atoms with Crippen molar-refractivity contribution in [1.82, 2.24) is 19.7 Å². The second-order valence-corrected chi connectivity index (χ2v) is 14.7. The Morgan fingerprint density at radius 3 is 2.22 bits per heavy atom. The van der Waals surface area contributed by atoms with E-state index in [1.54, 1.807) is 13.4 Å². The van der Waals surface area contributed by atoms with Gasteiger partial charge in [0.25, 0.3) is 0 Å². The molecular formula is C37H49N5O4. The number of carboxylic acid groups (broad SMARTS) is 1. The SMILES string of the molecule is COc1c(C)cc(C23CCC(CN(c4cc(-c5cnn(C(C)C)c5)ncn4)C(=O)[C@H]4CC[C@H](CC(=O)O)CC4)(CC2)CC3)cc1C. The lowest BCUT2D eigenvalue weighted by Crippen LogP contribution is -2.52. The second-order valence-electron chi connectivity index (χ2n) is 14.7. The van der Waals surface area contributed by atoms with Crippen molar-refractivity contribution in [2.75, 3.05) is 18.6 Å². The number of nitrogens with zero attached hydrogens (tertiary/aromatic N) is 5. The van der Waals surface area contributed by atoms with Crippen LogP contribution in [-0.4, -0.2) is 50.4 Å². The Labute approximate surface area is 272 Å². The van der Waals surface area contributed by atoms with E-state index in [1.165, 1.54) is 16.7 Å². The van der Waals surface area contributed by atoms with Crippen molar-refractivity contribution in [2.45, 2.75) is 110 Å². The fraction of sp³-hybridized carbons (Fsp3) is 0.595. The van der Waals surface area contributed by atoms with Gasteiger partial charge in [-0.1, -0.05) is 12.1 Å². The van der Waals surface area contributed by atoms with Gasteiger partial charge in [-0.3, -0.25) is 19.2 Å². The highest BCUT2D eigenvalue weighted by atomic mass is 16.5. The molecule has 0 saturated heterocycles. The molecule has 0 unspecified atom stereocenters. The molecule has 246 valence electrons. The lowest BCUT2D eigenvalue weighted by atomic mass is 9.51. The van der Waals surface area contributed by atoms with Gasteiger partial charge in [-0.05, 0) is 125 Å². The molecule has 0 aliphatic heterocycles. The lowest BCUT2D eigenvalue weighted by Gasteiger charge is -2.55. The Morgan fingerprint density at radius 1 is 1.00 bits per heavy atom. The van der Waals surface area contributed by atoms with Gasteiger partial charge in [0.2, 0.25) is 5.91 Å². The maximum absolute atomic E-state index is 14.5. The number of carbonyl (C=O) groups is 2. The number of ether oxygens (including phenoxy) is 1. The molecule has 4 saturated carbocycles. The van der Waals surface area contributed by atoms with Gasteiger partial charge in [0.1, 0.15) is 17.9 Å². The molecule has 1 N–H and O–H groups in total. The quantitative estimate of drug-likeness (QED) is 0.249. The van der Waals surface area contributed by atoms with Gasteiger partial charge in [-0.15, -0.1) is 0 Å². The van der Waals surface area contributed by atoms with Crippen molar-refractivity contribution in [3.05, 3.63) is 53.6 Å². The average molecular weight is 628 g/mol. The van der Waals surface area contributed by atoms with E-state index in [2.05, 4.69) is 49.9 Å². The maximum atomic E-state index is 14.5. The highest BCUT2D eigenvalue weighted by Gasteiger charge is 2.51. The lowest BCUT2D eigenvalue weighted by molar-refractivity contribution is -0.138. The van der Waals surface area contributed by atoms with Crippen LogP contribution in [0.25, 0.3) is 11.3 Å². The first-order valence-electron chi connectivity index (χ1n) is 17.1. The molecule has 7 rings (SSSR count). The van der Waals surface area contributed by atoms with Crippen LogP contribution in [0.5, 0.6) is 5.75 Å². The average Bonchev–Trinajstić information content (AvgIpc) is 3.56. The molecule has 0 spiro atoms. The van der Waals surface area contributed by atoms with Crippen molar-refractivity contribution in [3.63, 3.8) is 0 Å². The number of rotatable bonds is 10. The van der Waals surface area contributed by atoms with Crippen LogP contribution in [0.3, 0.4) is 0 Å². The molecule has 4 aliphatic rings. The van der Waals surface area contributed by atoms with Crippen LogP contribution < -0.4 is 9.64 Å². The summed E-state index contributed by atoms with van der Waals surface area (Å²) in [5, 5.41) is 13.8. The van der Waals surface area contributed by atoms with E-state index in [9.17, 15) is 14.7 Å². The predicted octanol–water partition coefficient (Wildman–Crippen LogP) is 7.45. The number of fused-ring (bicyclic) bond motifs is 3. The zero-order valence-electron chi connectivity index (χ0n) is 28.1. The Hall–Kier alpha value is -3.75. The number of hydrogen-bond donors (Lipinski definition) is 1. The minimum absolute atomic E-state index is 0.0438. The van der Waals surface area contributed by atoms with Crippen molar-refractivity contribution >= 4 is 17.7 Å². The van der Waals surface area contributed by atoms with Crippen molar-refractivity contribution in [3.8, 4) is 17.0 Å². The summed E-state index contributed by atoms with van der Waals surface area (Å²) < 4.78 is 7.57. The zero-order chi connectivity index (χ0) is 32.6. The highest BCUT2D eigenvalue weighted by molar-refractivity contribution is 5.94. The summed E-state index contributed by atoms with van der Waals surface area (Å²) in [5.41, 5.74) is 5.72. The number of anilines is 1. The first-order valence-corrected chi connectivity index (χ1v) is 17.1. The maximum Gasteiger partial charge on any atom is 0.303 e. The number of aliphatic carboxylic acids is 1. The molecule has 0 radical (unpaired) electrons. The van der Waals surface area contributed by atoms with E-state index < -0.39 is 5.97 Å². The highest BCUT2D eigenvalue weighted by Crippen LogP contribution is 2.58. The van der Waals surface area contributed by atoms with Crippen LogP contribution in [0.15, 0.2) is 36.9 Å². The number of benzene rings is 1. The molecule has 1 aromatic carbocycles. The van der Waals surface area contributed by atoms with Gasteiger partial charge in [0.15, 0.2) is 0 Å². The van der Waals surface area contributed by atoms with E-state index >= 15 is 0 Å². The summed E-state index contributed by atoms with van der Waals surface area (Å²) in [6.45, 7) is 9.12. The Balaban J connectivity index is 1.26. The van der Waals surface area contributed by atoms with Crippen LogP contribution in [0.1, 0.15) is 107 Å². The van der Waals surface area contributed by atoms with Crippen LogP contribution >= 0.6 is 0 Å². The third-order valence-corrected chi connectivity index (χ3v) is 11.5. The van der Waals surface area contributed by atoms with Gasteiger partial charge in [0, 0.05) is 42.8 Å². The number of amides is 1. The normalized spacial score (nSPS) is 25.9. The number of aryl methyl sites for hydroxylation is 2. The first kappa shape index (κ1) is 32.2. The van der Waals surface area contributed by atoms with E-state index in [0.717, 1.165) is 81.2 Å². The molecule has 46 heavy (non-hydrogen) atoms. The molecular weight excluding hydrogens is 578 g/mol. The van der Waals surface area contributed by atoms with E-state index in [1.807, 2.05) is 28.0 Å². The van der Waals surface area contributed by atoms with Gasteiger partial charge in [0.05, 0.1) is 19.0 Å². The molecule has 9 nitrogen and oxygen atoms in total. The standard InChI is InChI=1S/C37H49N5O4/c1-24(2)42-21-29(20-40-42)31-19-32(39-23-38-31)41(35(45)28-8-6-27(7-9-28)18-33(43)44)22-36-10-13-37(14-11-36,15-12-36)30-16-25(3)34(46-5)26(4)17-30/h16-17,19-21,23-24,27-28H,6-15,18,22H2,1-5H3,(H,43,44)/t27-,28-,36?,37?. The van der Waals surface area contributed by atoms with E-state index in [-0.39, 0.29) is 41.0 Å². The summed E-state index contributed by atoms with van der Waals surface area (Å²) >= 11 is 0. The first-order chi connectivity index (χ1) is 22.0. The predicted molar refractivity (Wildman–Crippen MR) is 178 cm³/mol. The minimum atomic E-state index is -0.754. The fourth-order valence-corrected chi connectivity index (χ4v) is 8.61.